The summed E-state index contributed by atoms with van der Waals surface area (Å²) in [5.74, 6) is 2.67. The van der Waals surface area contributed by atoms with Crippen molar-refractivity contribution in [3.8, 4) is 17.5 Å². The fraction of sp³-hybridized carbons (Fsp3) is 0.583. The van der Waals surface area contributed by atoms with Gasteiger partial charge in [-0.2, -0.15) is 4.21 Å². The molecule has 0 spiro atoms. The van der Waals surface area contributed by atoms with Crippen LogP contribution in [0.1, 0.15) is 37.8 Å². The molecular formula is C24H33N3O5S. The highest BCUT2D eigenvalue weighted by Gasteiger charge is 2.23. The maximum Gasteiger partial charge on any atom is 0.304 e. The van der Waals surface area contributed by atoms with E-state index in [1.165, 1.54) is 6.33 Å². The number of hydrogen-bond donors (Lipinski definition) is 0. The van der Waals surface area contributed by atoms with E-state index in [0.29, 0.717) is 36.6 Å². The second-order valence-corrected chi connectivity index (χ2v) is 10.1. The van der Waals surface area contributed by atoms with Gasteiger partial charge in [0, 0.05) is 25.6 Å². The van der Waals surface area contributed by atoms with Gasteiger partial charge >= 0.3 is 11.4 Å². The molecule has 0 saturated carbocycles. The Kier molecular flexibility index (Phi) is 8.29. The lowest BCUT2D eigenvalue weighted by Gasteiger charge is -2.33. The quantitative estimate of drug-likeness (QED) is 0.569. The average Bonchev–Trinajstić information content (AvgIpc) is 2.80. The third kappa shape index (κ3) is 6.96. The number of ether oxygens (including phenoxy) is 2. The van der Waals surface area contributed by atoms with Gasteiger partial charge in [0.25, 0.3) is 0 Å². The zero-order valence-electron chi connectivity index (χ0n) is 19.6. The van der Waals surface area contributed by atoms with Crippen LogP contribution >= 0.6 is 0 Å². The average molecular weight is 476 g/mol. The van der Waals surface area contributed by atoms with Crippen LogP contribution in [0.15, 0.2) is 30.6 Å². The smallest absolute Gasteiger partial charge is 0.304 e. The molecule has 0 radical (unpaired) electrons. The van der Waals surface area contributed by atoms with Crippen molar-refractivity contribution < 1.29 is 22.0 Å². The molecule has 0 unspecified atom stereocenters. The minimum Gasteiger partial charge on any atom is -0.474 e. The predicted octanol–water partition coefficient (Wildman–Crippen LogP) is 3.86. The van der Waals surface area contributed by atoms with Gasteiger partial charge in [0.15, 0.2) is 0 Å². The Hall–Kier alpha value is -2.07. The molecule has 0 bridgehead atoms. The topological polar surface area (TPSA) is 83.0 Å². The lowest BCUT2D eigenvalue weighted by atomic mass is 10.0. The minimum atomic E-state index is -1.60. The van der Waals surface area contributed by atoms with Crippen LogP contribution < -0.4 is 9.47 Å². The minimum absolute atomic E-state index is 0.166. The van der Waals surface area contributed by atoms with E-state index in [2.05, 4.69) is 28.7 Å². The lowest BCUT2D eigenvalue weighted by molar-refractivity contribution is 0.0897. The number of benzene rings is 1. The van der Waals surface area contributed by atoms with Gasteiger partial charge in [-0.3, -0.25) is 8.37 Å². The maximum atomic E-state index is 11.1. The summed E-state index contributed by atoms with van der Waals surface area (Å²) in [4.78, 5) is 11.2. The second-order valence-electron chi connectivity index (χ2n) is 9.21. The largest absolute Gasteiger partial charge is 0.474 e. The monoisotopic (exact) mass is 475 g/mol. The van der Waals surface area contributed by atoms with Gasteiger partial charge in [0.2, 0.25) is 11.8 Å². The number of aromatic nitrogens is 2. The fourth-order valence-corrected chi connectivity index (χ4v) is 4.84. The molecule has 0 aliphatic carbocycles. The van der Waals surface area contributed by atoms with E-state index < -0.39 is 11.4 Å². The molecule has 9 heteroatoms. The Morgan fingerprint density at radius 2 is 1.76 bits per heavy atom. The number of rotatable bonds is 8. The van der Waals surface area contributed by atoms with Gasteiger partial charge in [-0.15, -0.1) is 0 Å². The molecule has 3 heterocycles. The van der Waals surface area contributed by atoms with Crippen LogP contribution in [0.5, 0.6) is 17.5 Å². The summed E-state index contributed by atoms with van der Waals surface area (Å²) in [6.07, 6.45) is 4.45. The van der Waals surface area contributed by atoms with Crippen molar-refractivity contribution in [3.63, 3.8) is 0 Å². The summed E-state index contributed by atoms with van der Waals surface area (Å²) in [6.45, 7) is 10.6. The first-order valence-electron chi connectivity index (χ1n) is 11.6. The van der Waals surface area contributed by atoms with Gasteiger partial charge in [-0.05, 0) is 49.8 Å². The van der Waals surface area contributed by atoms with Crippen molar-refractivity contribution in [2.75, 3.05) is 32.8 Å². The molecule has 8 nitrogen and oxygen atoms in total. The first-order valence-corrected chi connectivity index (χ1v) is 12.6. The number of likely N-dealkylation sites (tertiary alicyclic amines) is 1. The standard InChI is InChI=1S/C24H33N3O5S/c1-17(2)13-27-10-8-22(9-11-27)32-24-18(3)23(25-16-26-24)31-21-6-4-19(5-7-21)12-20-14-29-33(28)30-15-20/h4-7,16-17,20,22H,8-15H2,1-3H3. The maximum absolute atomic E-state index is 11.1. The van der Waals surface area contributed by atoms with E-state index in [1.807, 2.05) is 31.2 Å². The van der Waals surface area contributed by atoms with E-state index in [-0.39, 0.29) is 12.0 Å². The van der Waals surface area contributed by atoms with Crippen molar-refractivity contribution in [3.05, 3.63) is 41.7 Å². The number of nitrogens with zero attached hydrogens (tertiary/aromatic N) is 3. The highest BCUT2D eigenvalue weighted by Crippen LogP contribution is 2.29. The molecule has 1 aromatic carbocycles. The zero-order chi connectivity index (χ0) is 23.2. The molecular weight excluding hydrogens is 442 g/mol. The fourth-order valence-electron chi connectivity index (χ4n) is 4.17. The summed E-state index contributed by atoms with van der Waals surface area (Å²) in [7, 11) is 0. The van der Waals surface area contributed by atoms with Crippen molar-refractivity contribution in [2.45, 2.75) is 46.1 Å². The van der Waals surface area contributed by atoms with Crippen LogP contribution in [0, 0.1) is 18.8 Å². The number of hydrogen-bond acceptors (Lipinski definition) is 8. The van der Waals surface area contributed by atoms with Crippen LogP contribution in [0.4, 0.5) is 0 Å². The predicted molar refractivity (Wildman–Crippen MR) is 125 cm³/mol. The van der Waals surface area contributed by atoms with Gasteiger partial charge in [0.05, 0.1) is 18.8 Å². The van der Waals surface area contributed by atoms with E-state index in [4.69, 9.17) is 17.8 Å². The highest BCUT2D eigenvalue weighted by atomic mass is 32.2. The van der Waals surface area contributed by atoms with Crippen molar-refractivity contribution in [1.29, 1.82) is 0 Å². The Morgan fingerprint density at radius 1 is 1.09 bits per heavy atom. The van der Waals surface area contributed by atoms with Crippen LogP contribution in [-0.4, -0.2) is 58.0 Å². The number of piperidine rings is 1. The first kappa shape index (κ1) is 24.1. The van der Waals surface area contributed by atoms with Crippen LogP contribution in [0.25, 0.3) is 0 Å². The molecule has 0 amide bonds. The third-order valence-electron chi connectivity index (χ3n) is 5.89. The van der Waals surface area contributed by atoms with Crippen LogP contribution in [-0.2, 0) is 26.1 Å². The normalized spacial score (nSPS) is 22.4. The van der Waals surface area contributed by atoms with Gasteiger partial charge in [-0.25, -0.2) is 9.97 Å². The summed E-state index contributed by atoms with van der Waals surface area (Å²) >= 11 is -1.60. The zero-order valence-corrected chi connectivity index (χ0v) is 20.4. The molecule has 4 rings (SSSR count). The van der Waals surface area contributed by atoms with E-state index in [0.717, 1.165) is 50.0 Å². The van der Waals surface area contributed by atoms with Crippen molar-refractivity contribution in [1.82, 2.24) is 14.9 Å². The van der Waals surface area contributed by atoms with E-state index in [9.17, 15) is 4.21 Å². The molecule has 1 aromatic heterocycles. The lowest BCUT2D eigenvalue weighted by Crippen LogP contribution is -2.40. The van der Waals surface area contributed by atoms with Gasteiger partial charge < -0.3 is 14.4 Å². The van der Waals surface area contributed by atoms with Crippen molar-refractivity contribution in [2.24, 2.45) is 11.8 Å². The van der Waals surface area contributed by atoms with Crippen molar-refractivity contribution >= 4 is 11.4 Å². The summed E-state index contributed by atoms with van der Waals surface area (Å²) < 4.78 is 33.5. The van der Waals surface area contributed by atoms with Gasteiger partial charge in [0.1, 0.15) is 18.2 Å². The second kappa shape index (κ2) is 11.4. The molecule has 0 atom stereocenters. The first-order chi connectivity index (χ1) is 16.0. The SMILES string of the molecule is Cc1c(Oc2ccc(CC3COS(=O)OC3)cc2)ncnc1OC1CCN(CC(C)C)CC1. The van der Waals surface area contributed by atoms with Gasteiger partial charge in [-0.1, -0.05) is 26.0 Å². The molecule has 2 aliphatic rings. The summed E-state index contributed by atoms with van der Waals surface area (Å²) in [6, 6.07) is 7.87. The molecule has 2 aliphatic heterocycles. The Labute approximate surface area is 198 Å². The molecule has 0 N–H and O–H groups in total. The van der Waals surface area contributed by atoms with Crippen LogP contribution in [0.3, 0.4) is 0 Å². The highest BCUT2D eigenvalue weighted by molar-refractivity contribution is 7.75. The van der Waals surface area contributed by atoms with E-state index >= 15 is 0 Å². The Morgan fingerprint density at radius 3 is 2.42 bits per heavy atom. The summed E-state index contributed by atoms with van der Waals surface area (Å²) in [5, 5.41) is 0. The molecule has 2 aromatic rings. The Balaban J connectivity index is 1.32. The van der Waals surface area contributed by atoms with E-state index in [1.54, 1.807) is 0 Å². The van der Waals surface area contributed by atoms with Crippen LogP contribution in [0.2, 0.25) is 0 Å². The molecule has 2 saturated heterocycles. The summed E-state index contributed by atoms with van der Waals surface area (Å²) in [5.41, 5.74) is 1.94. The Bertz CT molecular complexity index is 922. The molecule has 2 fully saturated rings. The molecule has 180 valence electrons. The third-order valence-corrected chi connectivity index (χ3v) is 6.55. The molecule has 33 heavy (non-hydrogen) atoms.